The van der Waals surface area contributed by atoms with Gasteiger partial charge in [0, 0.05) is 24.5 Å². The number of nitrogens with two attached hydrogens (primary N) is 1. The number of para-hydroxylation sites is 1. The van der Waals surface area contributed by atoms with E-state index in [4.69, 9.17) is 5.73 Å². The molecule has 5 heteroatoms. The molecule has 4 nitrogen and oxygen atoms in total. The number of nitrogens with zero attached hydrogens (tertiary/aromatic N) is 2. The number of hydrogen-bond donors (Lipinski definition) is 1. The topological polar surface area (TPSA) is 60.9 Å². The summed E-state index contributed by atoms with van der Waals surface area (Å²) in [6.45, 7) is 0. The Kier molecular flexibility index (Phi) is 3.05. The molecule has 2 rings (SSSR count). The summed E-state index contributed by atoms with van der Waals surface area (Å²) in [5.74, 6) is 0.446. The van der Waals surface area contributed by atoms with Gasteiger partial charge in [-0.1, -0.05) is 12.1 Å². The molecular weight excluding hydrogens is 222 g/mol. The minimum Gasteiger partial charge on any atom is -0.398 e. The van der Waals surface area contributed by atoms with Crippen molar-refractivity contribution in [3.05, 3.63) is 42.2 Å². The lowest BCUT2D eigenvalue weighted by atomic mass is 10.3. The van der Waals surface area contributed by atoms with Gasteiger partial charge in [0.2, 0.25) is 0 Å². The minimum atomic E-state index is -1.11. The molecule has 0 aliphatic carbocycles. The predicted octanol–water partition coefficient (Wildman–Crippen LogP) is 1.31. The van der Waals surface area contributed by atoms with Crippen LogP contribution in [0, 0.1) is 0 Å². The van der Waals surface area contributed by atoms with Gasteiger partial charge in [-0.3, -0.25) is 8.89 Å². The van der Waals surface area contributed by atoms with E-state index in [0.29, 0.717) is 16.3 Å². The largest absolute Gasteiger partial charge is 0.398 e. The SMILES string of the molecule is Cn1cc(CS(=O)c2ccccc2N)cn1. The van der Waals surface area contributed by atoms with E-state index in [1.807, 2.05) is 25.4 Å². The van der Waals surface area contributed by atoms with Crippen LogP contribution in [0.2, 0.25) is 0 Å². The van der Waals surface area contributed by atoms with Crippen molar-refractivity contribution in [1.29, 1.82) is 0 Å². The van der Waals surface area contributed by atoms with Gasteiger partial charge in [-0.05, 0) is 12.1 Å². The third kappa shape index (κ3) is 2.30. The second-order valence-corrected chi connectivity index (χ2v) is 4.97. The molecule has 2 N–H and O–H groups in total. The average molecular weight is 235 g/mol. The smallest absolute Gasteiger partial charge is 0.0620 e. The fourth-order valence-electron chi connectivity index (χ4n) is 1.46. The van der Waals surface area contributed by atoms with Gasteiger partial charge in [0.1, 0.15) is 0 Å². The molecule has 0 saturated heterocycles. The summed E-state index contributed by atoms with van der Waals surface area (Å²) in [7, 11) is 0.726. The van der Waals surface area contributed by atoms with Crippen molar-refractivity contribution in [2.45, 2.75) is 10.6 Å². The zero-order valence-corrected chi connectivity index (χ0v) is 9.78. The maximum atomic E-state index is 12.0. The van der Waals surface area contributed by atoms with E-state index in [1.165, 1.54) is 0 Å². The van der Waals surface area contributed by atoms with Crippen LogP contribution in [0.25, 0.3) is 0 Å². The molecule has 0 radical (unpaired) electrons. The van der Waals surface area contributed by atoms with Crippen molar-refractivity contribution >= 4 is 16.5 Å². The molecule has 0 bridgehead atoms. The van der Waals surface area contributed by atoms with Gasteiger partial charge in [0.15, 0.2) is 0 Å². The second-order valence-electron chi connectivity index (χ2n) is 3.55. The summed E-state index contributed by atoms with van der Waals surface area (Å²) in [6.07, 6.45) is 3.58. The number of aromatic nitrogens is 2. The van der Waals surface area contributed by atoms with Gasteiger partial charge in [-0.15, -0.1) is 0 Å². The third-order valence-corrected chi connectivity index (χ3v) is 3.68. The van der Waals surface area contributed by atoms with Crippen molar-refractivity contribution in [1.82, 2.24) is 9.78 Å². The number of benzene rings is 1. The van der Waals surface area contributed by atoms with E-state index < -0.39 is 10.8 Å². The molecular formula is C11H13N3OS. The summed E-state index contributed by atoms with van der Waals surface area (Å²) >= 11 is 0. The van der Waals surface area contributed by atoms with Crippen LogP contribution in [0.5, 0.6) is 0 Å². The first kappa shape index (κ1) is 10.9. The maximum absolute atomic E-state index is 12.0. The van der Waals surface area contributed by atoms with E-state index in [1.54, 1.807) is 23.0 Å². The Morgan fingerprint density at radius 3 is 2.81 bits per heavy atom. The Hall–Kier alpha value is -1.62. The molecule has 0 aliphatic rings. The van der Waals surface area contributed by atoms with Crippen LogP contribution in [0.3, 0.4) is 0 Å². The molecule has 1 unspecified atom stereocenters. The number of anilines is 1. The highest BCUT2D eigenvalue weighted by Gasteiger charge is 2.09. The van der Waals surface area contributed by atoms with Crippen LogP contribution < -0.4 is 5.73 Å². The normalized spacial score (nSPS) is 12.6. The zero-order valence-electron chi connectivity index (χ0n) is 8.96. The number of rotatable bonds is 3. The highest BCUT2D eigenvalue weighted by Crippen LogP contribution is 2.18. The standard InChI is InChI=1S/C11H13N3OS/c1-14-7-9(6-13-14)8-16(15)11-5-3-2-4-10(11)12/h2-7H,8,12H2,1H3. The zero-order chi connectivity index (χ0) is 11.5. The van der Waals surface area contributed by atoms with Gasteiger partial charge >= 0.3 is 0 Å². The lowest BCUT2D eigenvalue weighted by Crippen LogP contribution is -2.00. The van der Waals surface area contributed by atoms with E-state index in [2.05, 4.69) is 5.10 Å². The summed E-state index contributed by atoms with van der Waals surface area (Å²) < 4.78 is 13.7. The van der Waals surface area contributed by atoms with Crippen LogP contribution in [0.4, 0.5) is 5.69 Å². The van der Waals surface area contributed by atoms with Gasteiger partial charge in [0.05, 0.1) is 27.6 Å². The Bertz CT molecular complexity index is 521. The van der Waals surface area contributed by atoms with Crippen molar-refractivity contribution in [2.75, 3.05) is 5.73 Å². The Labute approximate surface area is 96.5 Å². The molecule has 0 spiro atoms. The number of aryl methyl sites for hydroxylation is 1. The summed E-state index contributed by atoms with van der Waals surface area (Å²) in [4.78, 5) is 0.686. The molecule has 1 aromatic heterocycles. The number of nitrogen functional groups attached to an aromatic ring is 1. The van der Waals surface area contributed by atoms with Crippen LogP contribution in [0.1, 0.15) is 5.56 Å². The van der Waals surface area contributed by atoms with E-state index >= 15 is 0 Å². The molecule has 1 aromatic carbocycles. The molecule has 2 aromatic rings. The summed E-state index contributed by atoms with van der Waals surface area (Å²) in [5.41, 5.74) is 7.29. The van der Waals surface area contributed by atoms with Gasteiger partial charge < -0.3 is 5.73 Å². The predicted molar refractivity (Wildman–Crippen MR) is 64.2 cm³/mol. The van der Waals surface area contributed by atoms with Crippen molar-refractivity contribution in [2.24, 2.45) is 7.05 Å². The lowest BCUT2D eigenvalue weighted by Gasteiger charge is -2.03. The molecule has 0 fully saturated rings. The lowest BCUT2D eigenvalue weighted by molar-refractivity contribution is 0.683. The van der Waals surface area contributed by atoms with Crippen LogP contribution >= 0.6 is 0 Å². The quantitative estimate of drug-likeness (QED) is 0.816. The number of hydrogen-bond acceptors (Lipinski definition) is 3. The second kappa shape index (κ2) is 4.49. The molecule has 84 valence electrons. The summed E-state index contributed by atoms with van der Waals surface area (Å²) in [5, 5.41) is 4.04. The molecule has 0 saturated carbocycles. The maximum Gasteiger partial charge on any atom is 0.0620 e. The fraction of sp³-hybridized carbons (Fsp3) is 0.182. The molecule has 1 heterocycles. The first-order valence-corrected chi connectivity index (χ1v) is 6.19. The fourth-order valence-corrected chi connectivity index (χ4v) is 2.63. The van der Waals surface area contributed by atoms with Gasteiger partial charge in [-0.25, -0.2) is 0 Å². The van der Waals surface area contributed by atoms with Crippen LogP contribution in [-0.2, 0) is 23.6 Å². The van der Waals surface area contributed by atoms with Crippen molar-refractivity contribution in [3.8, 4) is 0 Å². The van der Waals surface area contributed by atoms with E-state index in [9.17, 15) is 4.21 Å². The van der Waals surface area contributed by atoms with E-state index in [-0.39, 0.29) is 0 Å². The molecule has 1 atom stereocenters. The summed E-state index contributed by atoms with van der Waals surface area (Å²) in [6, 6.07) is 7.23. The van der Waals surface area contributed by atoms with E-state index in [0.717, 1.165) is 5.56 Å². The monoisotopic (exact) mass is 235 g/mol. The highest BCUT2D eigenvalue weighted by atomic mass is 32.2. The first-order valence-electron chi connectivity index (χ1n) is 4.87. The first-order chi connectivity index (χ1) is 7.66. The molecule has 16 heavy (non-hydrogen) atoms. The third-order valence-electron chi connectivity index (χ3n) is 2.22. The molecule has 0 amide bonds. The highest BCUT2D eigenvalue weighted by molar-refractivity contribution is 7.84. The molecule has 0 aliphatic heterocycles. The van der Waals surface area contributed by atoms with Crippen LogP contribution in [-0.4, -0.2) is 14.0 Å². The minimum absolute atomic E-state index is 0.446. The Morgan fingerprint density at radius 2 is 2.19 bits per heavy atom. The van der Waals surface area contributed by atoms with Gasteiger partial charge in [0.25, 0.3) is 0 Å². The Morgan fingerprint density at radius 1 is 1.44 bits per heavy atom. The van der Waals surface area contributed by atoms with Crippen LogP contribution in [0.15, 0.2) is 41.6 Å². The average Bonchev–Trinajstić information content (AvgIpc) is 2.64. The van der Waals surface area contributed by atoms with Crippen molar-refractivity contribution < 1.29 is 4.21 Å². The van der Waals surface area contributed by atoms with Gasteiger partial charge in [-0.2, -0.15) is 5.10 Å². The Balaban J connectivity index is 2.18. The van der Waals surface area contributed by atoms with Crippen molar-refractivity contribution in [3.63, 3.8) is 0 Å².